The number of nitrogens with one attached hydrogen (secondary N) is 1. The molecule has 0 aliphatic carbocycles. The highest BCUT2D eigenvalue weighted by Crippen LogP contribution is 2.26. The van der Waals surface area contributed by atoms with E-state index in [2.05, 4.69) is 5.32 Å². The van der Waals surface area contributed by atoms with E-state index >= 15 is 0 Å². The summed E-state index contributed by atoms with van der Waals surface area (Å²) in [6.45, 7) is 6.41. The highest BCUT2D eigenvalue weighted by molar-refractivity contribution is 5.78. The molecule has 2 rings (SSSR count). The molecule has 0 radical (unpaired) electrons. The predicted octanol–water partition coefficient (Wildman–Crippen LogP) is 3.65. The van der Waals surface area contributed by atoms with Crippen molar-refractivity contribution in [1.29, 1.82) is 0 Å². The molecule has 0 aliphatic heterocycles. The second-order valence-electron chi connectivity index (χ2n) is 5.37. The van der Waals surface area contributed by atoms with Crippen LogP contribution in [0.15, 0.2) is 48.5 Å². The van der Waals surface area contributed by atoms with Crippen molar-refractivity contribution in [3.05, 3.63) is 59.7 Å². The molecule has 23 heavy (non-hydrogen) atoms. The zero-order valence-electron chi connectivity index (χ0n) is 13.8. The van der Waals surface area contributed by atoms with Crippen molar-refractivity contribution in [3.8, 4) is 11.5 Å². The fourth-order valence-corrected chi connectivity index (χ4v) is 2.21. The number of ether oxygens (including phenoxy) is 2. The van der Waals surface area contributed by atoms with E-state index < -0.39 is 0 Å². The van der Waals surface area contributed by atoms with Crippen LogP contribution in [-0.2, 0) is 4.79 Å². The molecule has 0 spiro atoms. The Morgan fingerprint density at radius 1 is 1.04 bits per heavy atom. The van der Waals surface area contributed by atoms with Crippen LogP contribution in [0.3, 0.4) is 0 Å². The zero-order valence-corrected chi connectivity index (χ0v) is 13.8. The molecular formula is C19H23NO3. The predicted molar refractivity (Wildman–Crippen MR) is 90.8 cm³/mol. The SMILES string of the molecule is CCOc1ccccc1OCC(=O)NC(C)c1ccc(C)cc1. The first kappa shape index (κ1) is 16.9. The van der Waals surface area contributed by atoms with E-state index in [1.807, 2.05) is 63.2 Å². The molecule has 0 saturated carbocycles. The van der Waals surface area contributed by atoms with Crippen LogP contribution in [0.4, 0.5) is 0 Å². The molecule has 0 heterocycles. The second-order valence-corrected chi connectivity index (χ2v) is 5.37. The Balaban J connectivity index is 1.89. The number of carbonyl (C=O) groups excluding carboxylic acids is 1. The lowest BCUT2D eigenvalue weighted by atomic mass is 10.1. The maximum absolute atomic E-state index is 12.1. The molecule has 1 amide bonds. The number of hydrogen-bond acceptors (Lipinski definition) is 3. The lowest BCUT2D eigenvalue weighted by Crippen LogP contribution is -2.31. The smallest absolute Gasteiger partial charge is 0.258 e. The first-order chi connectivity index (χ1) is 11.1. The van der Waals surface area contributed by atoms with Gasteiger partial charge in [-0.05, 0) is 38.5 Å². The van der Waals surface area contributed by atoms with E-state index in [9.17, 15) is 4.79 Å². The summed E-state index contributed by atoms with van der Waals surface area (Å²) in [5.41, 5.74) is 2.27. The first-order valence-corrected chi connectivity index (χ1v) is 7.80. The topological polar surface area (TPSA) is 47.6 Å². The maximum Gasteiger partial charge on any atom is 0.258 e. The van der Waals surface area contributed by atoms with Crippen LogP contribution in [0, 0.1) is 6.92 Å². The fourth-order valence-electron chi connectivity index (χ4n) is 2.21. The Kier molecular flexibility index (Phi) is 6.03. The number of aryl methyl sites for hydroxylation is 1. The number of hydrogen-bond donors (Lipinski definition) is 1. The Hall–Kier alpha value is -2.49. The third kappa shape index (κ3) is 5.02. The molecule has 0 bridgehead atoms. The molecule has 0 aromatic heterocycles. The van der Waals surface area contributed by atoms with E-state index in [4.69, 9.17) is 9.47 Å². The Bertz CT molecular complexity index is 637. The van der Waals surface area contributed by atoms with Gasteiger partial charge < -0.3 is 14.8 Å². The van der Waals surface area contributed by atoms with Crippen molar-refractivity contribution in [2.75, 3.05) is 13.2 Å². The largest absolute Gasteiger partial charge is 0.490 e. The first-order valence-electron chi connectivity index (χ1n) is 7.80. The summed E-state index contributed by atoms with van der Waals surface area (Å²) in [6, 6.07) is 15.4. The van der Waals surface area contributed by atoms with Crippen molar-refractivity contribution in [1.82, 2.24) is 5.32 Å². The van der Waals surface area contributed by atoms with Gasteiger partial charge in [-0.25, -0.2) is 0 Å². The number of rotatable bonds is 7. The van der Waals surface area contributed by atoms with Gasteiger partial charge in [-0.2, -0.15) is 0 Å². The standard InChI is InChI=1S/C19H23NO3/c1-4-22-17-7-5-6-8-18(17)23-13-19(21)20-15(3)16-11-9-14(2)10-12-16/h5-12,15H,4,13H2,1-3H3,(H,20,21). The van der Waals surface area contributed by atoms with Gasteiger partial charge in [0.1, 0.15) is 0 Å². The van der Waals surface area contributed by atoms with E-state index in [0.717, 1.165) is 5.56 Å². The van der Waals surface area contributed by atoms with Crippen molar-refractivity contribution in [2.45, 2.75) is 26.8 Å². The number of para-hydroxylation sites is 2. The molecule has 4 nitrogen and oxygen atoms in total. The number of benzene rings is 2. The maximum atomic E-state index is 12.1. The number of amides is 1. The highest BCUT2D eigenvalue weighted by atomic mass is 16.5. The third-order valence-electron chi connectivity index (χ3n) is 3.46. The van der Waals surface area contributed by atoms with Gasteiger partial charge in [-0.3, -0.25) is 4.79 Å². The van der Waals surface area contributed by atoms with E-state index in [1.54, 1.807) is 6.07 Å². The summed E-state index contributed by atoms with van der Waals surface area (Å²) < 4.78 is 11.0. The van der Waals surface area contributed by atoms with Gasteiger partial charge in [0, 0.05) is 0 Å². The Morgan fingerprint density at radius 3 is 2.26 bits per heavy atom. The minimum absolute atomic E-state index is 0.0414. The van der Waals surface area contributed by atoms with Crippen molar-refractivity contribution < 1.29 is 14.3 Å². The van der Waals surface area contributed by atoms with Crippen molar-refractivity contribution in [3.63, 3.8) is 0 Å². The molecule has 1 atom stereocenters. The van der Waals surface area contributed by atoms with Crippen LogP contribution < -0.4 is 14.8 Å². The van der Waals surface area contributed by atoms with Crippen LogP contribution in [0.2, 0.25) is 0 Å². The van der Waals surface area contributed by atoms with Gasteiger partial charge in [-0.1, -0.05) is 42.0 Å². The molecule has 1 unspecified atom stereocenters. The summed E-state index contributed by atoms with van der Waals surface area (Å²) in [7, 11) is 0. The lowest BCUT2D eigenvalue weighted by Gasteiger charge is -2.16. The normalized spacial score (nSPS) is 11.6. The molecular weight excluding hydrogens is 290 g/mol. The molecule has 0 fully saturated rings. The van der Waals surface area contributed by atoms with Gasteiger partial charge in [-0.15, -0.1) is 0 Å². The minimum Gasteiger partial charge on any atom is -0.490 e. The fraction of sp³-hybridized carbons (Fsp3) is 0.316. The van der Waals surface area contributed by atoms with E-state index in [1.165, 1.54) is 5.56 Å². The minimum atomic E-state index is -0.163. The zero-order chi connectivity index (χ0) is 16.7. The van der Waals surface area contributed by atoms with Gasteiger partial charge in [0.05, 0.1) is 12.6 Å². The van der Waals surface area contributed by atoms with Crippen LogP contribution in [-0.4, -0.2) is 19.1 Å². The van der Waals surface area contributed by atoms with Crippen LogP contribution >= 0.6 is 0 Å². The Labute approximate surface area is 137 Å². The molecule has 2 aromatic carbocycles. The van der Waals surface area contributed by atoms with Crippen LogP contribution in [0.5, 0.6) is 11.5 Å². The molecule has 4 heteroatoms. The van der Waals surface area contributed by atoms with E-state index in [0.29, 0.717) is 18.1 Å². The van der Waals surface area contributed by atoms with Crippen LogP contribution in [0.25, 0.3) is 0 Å². The summed E-state index contributed by atoms with van der Waals surface area (Å²) in [6.07, 6.45) is 0. The molecule has 1 N–H and O–H groups in total. The van der Waals surface area contributed by atoms with Gasteiger partial charge >= 0.3 is 0 Å². The van der Waals surface area contributed by atoms with Gasteiger partial charge in [0.15, 0.2) is 18.1 Å². The summed E-state index contributed by atoms with van der Waals surface area (Å²) in [5, 5.41) is 2.93. The third-order valence-corrected chi connectivity index (χ3v) is 3.46. The van der Waals surface area contributed by atoms with Crippen molar-refractivity contribution >= 4 is 5.91 Å². The quantitative estimate of drug-likeness (QED) is 0.849. The summed E-state index contributed by atoms with van der Waals surface area (Å²) >= 11 is 0. The summed E-state index contributed by atoms with van der Waals surface area (Å²) in [5.74, 6) is 1.06. The summed E-state index contributed by atoms with van der Waals surface area (Å²) in [4.78, 5) is 12.1. The highest BCUT2D eigenvalue weighted by Gasteiger charge is 2.11. The van der Waals surface area contributed by atoms with Crippen LogP contribution in [0.1, 0.15) is 31.0 Å². The molecule has 122 valence electrons. The monoisotopic (exact) mass is 313 g/mol. The average molecular weight is 313 g/mol. The van der Waals surface area contributed by atoms with Gasteiger partial charge in [0.25, 0.3) is 5.91 Å². The molecule has 2 aromatic rings. The molecule has 0 saturated heterocycles. The Morgan fingerprint density at radius 2 is 1.65 bits per heavy atom. The lowest BCUT2D eigenvalue weighted by molar-refractivity contribution is -0.123. The van der Waals surface area contributed by atoms with Gasteiger partial charge in [0.2, 0.25) is 0 Å². The van der Waals surface area contributed by atoms with E-state index in [-0.39, 0.29) is 18.6 Å². The number of carbonyl (C=O) groups is 1. The second kappa shape index (κ2) is 8.22. The average Bonchev–Trinajstić information content (AvgIpc) is 2.55. The molecule has 0 aliphatic rings. The van der Waals surface area contributed by atoms with Crippen molar-refractivity contribution in [2.24, 2.45) is 0 Å².